The van der Waals surface area contributed by atoms with Crippen molar-refractivity contribution in [2.24, 2.45) is 0 Å². The molecule has 2 fully saturated rings. The Labute approximate surface area is 142 Å². The Morgan fingerprint density at radius 2 is 1.96 bits per heavy atom. The lowest BCUT2D eigenvalue weighted by Gasteiger charge is -2.22. The summed E-state index contributed by atoms with van der Waals surface area (Å²) in [4.78, 5) is 5.63. The van der Waals surface area contributed by atoms with Crippen LogP contribution in [0.2, 0.25) is 0 Å². The quantitative estimate of drug-likeness (QED) is 0.901. The van der Waals surface area contributed by atoms with Crippen molar-refractivity contribution < 1.29 is 12.8 Å². The van der Waals surface area contributed by atoms with Gasteiger partial charge >= 0.3 is 0 Å². The van der Waals surface area contributed by atoms with Crippen LogP contribution in [0.1, 0.15) is 43.2 Å². The van der Waals surface area contributed by atoms with Crippen molar-refractivity contribution in [3.8, 4) is 0 Å². The number of hydrogen-bond acceptors (Lipinski definition) is 4. The first-order valence-corrected chi connectivity index (χ1v) is 10.0. The fourth-order valence-corrected chi connectivity index (χ4v) is 5.20. The molecular weight excluding hydrogens is 326 g/mol. The van der Waals surface area contributed by atoms with Crippen LogP contribution in [0.4, 0.5) is 0 Å². The average Bonchev–Trinajstić information content (AvgIpc) is 3.35. The van der Waals surface area contributed by atoms with E-state index in [-0.39, 0.29) is 5.09 Å². The molecule has 0 radical (unpaired) electrons. The molecule has 1 atom stereocenters. The molecule has 0 unspecified atom stereocenters. The highest BCUT2D eigenvalue weighted by molar-refractivity contribution is 7.89. The summed E-state index contributed by atoms with van der Waals surface area (Å²) in [5.41, 5.74) is 1.21. The zero-order chi connectivity index (χ0) is 16.6. The molecule has 2 saturated heterocycles. The van der Waals surface area contributed by atoms with E-state index >= 15 is 0 Å². The maximum Gasteiger partial charge on any atom is 0.276 e. The van der Waals surface area contributed by atoms with Gasteiger partial charge in [0.25, 0.3) is 10.0 Å². The van der Waals surface area contributed by atoms with Crippen molar-refractivity contribution in [3.05, 3.63) is 41.9 Å². The van der Waals surface area contributed by atoms with Gasteiger partial charge in [0, 0.05) is 25.0 Å². The summed E-state index contributed by atoms with van der Waals surface area (Å²) >= 11 is 0. The third-order valence-corrected chi connectivity index (χ3v) is 6.77. The second kappa shape index (κ2) is 6.38. The molecule has 0 aliphatic carbocycles. The topological polar surface area (TPSA) is 69.5 Å². The first kappa shape index (κ1) is 15.9. The molecular formula is C17H23N3O3S. The molecule has 6 nitrogen and oxygen atoms in total. The first-order chi connectivity index (χ1) is 11.6. The maximum absolute atomic E-state index is 12.5. The van der Waals surface area contributed by atoms with Gasteiger partial charge in [-0.05, 0) is 56.5 Å². The Kier molecular flexibility index (Phi) is 4.24. The maximum atomic E-state index is 12.5. The van der Waals surface area contributed by atoms with Crippen LogP contribution in [0.5, 0.6) is 0 Å². The normalized spacial score (nSPS) is 23.2. The molecule has 4 heterocycles. The molecule has 2 aromatic heterocycles. The molecule has 0 bridgehead atoms. The zero-order valence-electron chi connectivity index (χ0n) is 13.6. The lowest BCUT2D eigenvalue weighted by Crippen LogP contribution is -2.27. The van der Waals surface area contributed by atoms with Crippen molar-refractivity contribution in [3.63, 3.8) is 0 Å². The second-order valence-corrected chi connectivity index (χ2v) is 8.45. The SMILES string of the molecule is O=S(=O)(c1ccc(CN2CCC[C@H]2c2ccc[nH]2)o1)N1CCCC1. The van der Waals surface area contributed by atoms with E-state index in [0.717, 1.165) is 32.2 Å². The van der Waals surface area contributed by atoms with Crippen LogP contribution in [0.3, 0.4) is 0 Å². The largest absolute Gasteiger partial charge is 0.447 e. The fraction of sp³-hybridized carbons (Fsp3) is 0.529. The van der Waals surface area contributed by atoms with Crippen LogP contribution >= 0.6 is 0 Å². The molecule has 130 valence electrons. The molecule has 2 aromatic rings. The predicted octanol–water partition coefficient (Wildman–Crippen LogP) is 2.73. The molecule has 1 N–H and O–H groups in total. The number of aromatic amines is 1. The standard InChI is InChI=1S/C17H23N3O3S/c21-24(22,20-11-1-2-12-20)17-8-7-14(23-17)13-19-10-4-6-16(19)15-5-3-9-18-15/h3,5,7-9,16,18H,1-2,4,6,10-13H2/t16-/m0/s1. The number of aromatic nitrogens is 1. The Balaban J connectivity index is 1.49. The van der Waals surface area contributed by atoms with E-state index < -0.39 is 10.0 Å². The number of nitrogens with one attached hydrogen (secondary N) is 1. The molecule has 7 heteroatoms. The number of H-pyrrole nitrogens is 1. The summed E-state index contributed by atoms with van der Waals surface area (Å²) in [5.74, 6) is 0.714. The smallest absolute Gasteiger partial charge is 0.276 e. The average molecular weight is 349 g/mol. The minimum absolute atomic E-state index is 0.0787. The van der Waals surface area contributed by atoms with Gasteiger partial charge in [-0.15, -0.1) is 0 Å². The van der Waals surface area contributed by atoms with Gasteiger partial charge < -0.3 is 9.40 Å². The van der Waals surface area contributed by atoms with Crippen LogP contribution < -0.4 is 0 Å². The van der Waals surface area contributed by atoms with E-state index in [1.54, 1.807) is 12.1 Å². The first-order valence-electron chi connectivity index (χ1n) is 8.61. The summed E-state index contributed by atoms with van der Waals surface area (Å²) < 4.78 is 32.3. The third kappa shape index (κ3) is 2.92. The number of furan rings is 1. The monoisotopic (exact) mass is 349 g/mol. The van der Waals surface area contributed by atoms with Crippen LogP contribution in [0.25, 0.3) is 0 Å². The fourth-order valence-electron chi connectivity index (χ4n) is 3.76. The van der Waals surface area contributed by atoms with E-state index in [9.17, 15) is 8.42 Å². The van der Waals surface area contributed by atoms with Gasteiger partial charge in [-0.1, -0.05) is 0 Å². The number of sulfonamides is 1. The lowest BCUT2D eigenvalue weighted by atomic mass is 10.1. The van der Waals surface area contributed by atoms with Gasteiger partial charge in [0.2, 0.25) is 5.09 Å². The number of rotatable bonds is 5. The molecule has 0 spiro atoms. The minimum atomic E-state index is -3.47. The van der Waals surface area contributed by atoms with Crippen LogP contribution in [-0.2, 0) is 16.6 Å². The molecule has 4 rings (SSSR count). The molecule has 24 heavy (non-hydrogen) atoms. The van der Waals surface area contributed by atoms with Crippen molar-refractivity contribution in [1.29, 1.82) is 0 Å². The van der Waals surface area contributed by atoms with Gasteiger partial charge in [0.1, 0.15) is 5.76 Å². The molecule has 0 amide bonds. The lowest BCUT2D eigenvalue weighted by molar-refractivity contribution is 0.218. The van der Waals surface area contributed by atoms with Gasteiger partial charge in [0.05, 0.1) is 12.6 Å². The van der Waals surface area contributed by atoms with E-state index in [4.69, 9.17) is 4.42 Å². The summed E-state index contributed by atoms with van der Waals surface area (Å²) in [7, 11) is -3.47. The van der Waals surface area contributed by atoms with E-state index in [1.807, 2.05) is 12.3 Å². The summed E-state index contributed by atoms with van der Waals surface area (Å²) in [5, 5.41) is 0.0787. The molecule has 2 aliphatic heterocycles. The molecule has 2 aliphatic rings. The highest BCUT2D eigenvalue weighted by Gasteiger charge is 2.31. The van der Waals surface area contributed by atoms with Crippen LogP contribution in [0, 0.1) is 0 Å². The molecule has 0 aromatic carbocycles. The van der Waals surface area contributed by atoms with E-state index in [1.165, 1.54) is 10.00 Å². The minimum Gasteiger partial charge on any atom is -0.447 e. The van der Waals surface area contributed by atoms with Gasteiger partial charge in [-0.25, -0.2) is 8.42 Å². The van der Waals surface area contributed by atoms with Crippen molar-refractivity contribution in [2.75, 3.05) is 19.6 Å². The van der Waals surface area contributed by atoms with E-state index in [0.29, 0.717) is 31.4 Å². The zero-order valence-corrected chi connectivity index (χ0v) is 14.5. The van der Waals surface area contributed by atoms with Crippen LogP contribution in [-0.4, -0.2) is 42.2 Å². The van der Waals surface area contributed by atoms with Gasteiger partial charge in [-0.3, -0.25) is 4.90 Å². The third-order valence-electron chi connectivity index (χ3n) is 5.00. The highest BCUT2D eigenvalue weighted by Crippen LogP contribution is 2.33. The summed E-state index contributed by atoms with van der Waals surface area (Å²) in [6.07, 6.45) is 6.06. The Morgan fingerprint density at radius 3 is 2.71 bits per heavy atom. The van der Waals surface area contributed by atoms with Crippen molar-refractivity contribution in [1.82, 2.24) is 14.2 Å². The Hall–Kier alpha value is -1.57. The van der Waals surface area contributed by atoms with Crippen molar-refractivity contribution >= 4 is 10.0 Å². The highest BCUT2D eigenvalue weighted by atomic mass is 32.2. The van der Waals surface area contributed by atoms with E-state index in [2.05, 4.69) is 16.0 Å². The van der Waals surface area contributed by atoms with Crippen molar-refractivity contribution in [2.45, 2.75) is 43.4 Å². The predicted molar refractivity (Wildman–Crippen MR) is 89.9 cm³/mol. The summed E-state index contributed by atoms with van der Waals surface area (Å²) in [6.45, 7) is 2.83. The van der Waals surface area contributed by atoms with Gasteiger partial charge in [-0.2, -0.15) is 4.31 Å². The van der Waals surface area contributed by atoms with Gasteiger partial charge in [0.15, 0.2) is 0 Å². The number of nitrogens with zero attached hydrogens (tertiary/aromatic N) is 2. The number of hydrogen-bond donors (Lipinski definition) is 1. The number of likely N-dealkylation sites (tertiary alicyclic amines) is 1. The molecule has 0 saturated carbocycles. The van der Waals surface area contributed by atoms with Crippen LogP contribution in [0.15, 0.2) is 40.0 Å². The summed E-state index contributed by atoms with van der Waals surface area (Å²) in [6, 6.07) is 7.87. The second-order valence-electron chi connectivity index (χ2n) is 6.59. The Bertz CT molecular complexity index is 776. The Morgan fingerprint density at radius 1 is 1.12 bits per heavy atom.